The van der Waals surface area contributed by atoms with E-state index in [0.717, 1.165) is 0 Å². The van der Waals surface area contributed by atoms with Crippen molar-refractivity contribution in [1.82, 2.24) is 0 Å². The highest BCUT2D eigenvalue weighted by Gasteiger charge is 2.12. The summed E-state index contributed by atoms with van der Waals surface area (Å²) in [5.74, 6) is -0.722. The van der Waals surface area contributed by atoms with Crippen LogP contribution >= 0.6 is 0 Å². The predicted octanol–water partition coefficient (Wildman–Crippen LogP) is 3.35. The van der Waals surface area contributed by atoms with Gasteiger partial charge in [0.25, 0.3) is 0 Å². The van der Waals surface area contributed by atoms with Crippen LogP contribution in [0.1, 0.15) is 22.8 Å². The molecule has 1 nitrogen and oxygen atoms in total. The number of halogens is 2. The molecule has 1 N–H and O–H groups in total. The number of hydrogen-bond donors (Lipinski definition) is 1. The van der Waals surface area contributed by atoms with E-state index in [1.54, 1.807) is 19.1 Å². The Morgan fingerprint density at radius 2 is 1.71 bits per heavy atom. The quantitative estimate of drug-likeness (QED) is 0.844. The van der Waals surface area contributed by atoms with Gasteiger partial charge in [-0.25, -0.2) is 8.78 Å². The van der Waals surface area contributed by atoms with E-state index in [2.05, 4.69) is 0 Å². The lowest BCUT2D eigenvalue weighted by atomic mass is 10.00. The normalized spacial score (nSPS) is 12.5. The largest absolute Gasteiger partial charge is 0.384 e. The summed E-state index contributed by atoms with van der Waals surface area (Å²) in [6.45, 7) is 1.62. The molecule has 0 aliphatic carbocycles. The minimum Gasteiger partial charge on any atom is -0.384 e. The molecule has 0 spiro atoms. The molecule has 0 aliphatic rings. The van der Waals surface area contributed by atoms with Crippen LogP contribution in [0, 0.1) is 18.6 Å². The Kier molecular flexibility index (Phi) is 3.20. The van der Waals surface area contributed by atoms with Gasteiger partial charge >= 0.3 is 0 Å². The van der Waals surface area contributed by atoms with Gasteiger partial charge in [0.2, 0.25) is 0 Å². The molecule has 0 saturated carbocycles. The van der Waals surface area contributed by atoms with Crippen LogP contribution in [0.5, 0.6) is 0 Å². The number of rotatable bonds is 2. The van der Waals surface area contributed by atoms with Crippen LogP contribution < -0.4 is 0 Å². The molecule has 2 aromatic carbocycles. The zero-order valence-electron chi connectivity index (χ0n) is 9.32. The van der Waals surface area contributed by atoms with Crippen LogP contribution in [-0.4, -0.2) is 5.11 Å². The summed E-state index contributed by atoms with van der Waals surface area (Å²) in [7, 11) is 0. The van der Waals surface area contributed by atoms with E-state index in [4.69, 9.17) is 0 Å². The van der Waals surface area contributed by atoms with Gasteiger partial charge in [-0.15, -0.1) is 0 Å². The summed E-state index contributed by atoms with van der Waals surface area (Å²) < 4.78 is 26.1. The third kappa shape index (κ3) is 2.50. The average Bonchev–Trinajstić information content (AvgIpc) is 2.32. The number of aliphatic hydroxyl groups excluding tert-OH is 1. The van der Waals surface area contributed by atoms with Crippen LogP contribution in [0.25, 0.3) is 0 Å². The van der Waals surface area contributed by atoms with E-state index >= 15 is 0 Å². The first-order chi connectivity index (χ1) is 8.08. The molecular formula is C14H12F2O. The van der Waals surface area contributed by atoms with E-state index in [-0.39, 0.29) is 5.82 Å². The fourth-order valence-electron chi connectivity index (χ4n) is 1.71. The predicted molar refractivity (Wildman–Crippen MR) is 61.6 cm³/mol. The molecule has 3 heteroatoms. The number of aliphatic hydroxyl groups is 1. The van der Waals surface area contributed by atoms with E-state index in [1.165, 1.54) is 30.3 Å². The summed E-state index contributed by atoms with van der Waals surface area (Å²) in [4.78, 5) is 0. The molecule has 0 heterocycles. The van der Waals surface area contributed by atoms with Crippen molar-refractivity contribution < 1.29 is 13.9 Å². The SMILES string of the molecule is Cc1cc(C(O)c2cccc(F)c2)ccc1F. The third-order valence-electron chi connectivity index (χ3n) is 2.66. The van der Waals surface area contributed by atoms with Crippen molar-refractivity contribution in [1.29, 1.82) is 0 Å². The first-order valence-electron chi connectivity index (χ1n) is 5.27. The lowest BCUT2D eigenvalue weighted by molar-refractivity contribution is 0.219. The summed E-state index contributed by atoms with van der Waals surface area (Å²) >= 11 is 0. The zero-order chi connectivity index (χ0) is 12.4. The lowest BCUT2D eigenvalue weighted by Crippen LogP contribution is -2.01. The number of hydrogen-bond acceptors (Lipinski definition) is 1. The molecule has 0 aliphatic heterocycles. The van der Waals surface area contributed by atoms with E-state index in [1.807, 2.05) is 0 Å². The standard InChI is InChI=1S/C14H12F2O/c1-9-7-11(5-6-13(9)16)14(17)10-3-2-4-12(15)8-10/h2-8,14,17H,1H3. The van der Waals surface area contributed by atoms with Gasteiger partial charge in [-0.3, -0.25) is 0 Å². The molecule has 1 atom stereocenters. The maximum atomic E-state index is 13.1. The Hall–Kier alpha value is -1.74. The molecule has 17 heavy (non-hydrogen) atoms. The fraction of sp³-hybridized carbons (Fsp3) is 0.143. The second kappa shape index (κ2) is 4.63. The Balaban J connectivity index is 2.36. The summed E-state index contributed by atoms with van der Waals surface area (Å²) in [5.41, 5.74) is 1.46. The Bertz CT molecular complexity index is 537. The molecule has 0 bridgehead atoms. The molecule has 0 amide bonds. The Morgan fingerprint density at radius 3 is 2.35 bits per heavy atom. The minimum atomic E-state index is -0.940. The fourth-order valence-corrected chi connectivity index (χ4v) is 1.71. The minimum absolute atomic E-state index is 0.319. The van der Waals surface area contributed by atoms with E-state index in [9.17, 15) is 13.9 Å². The Morgan fingerprint density at radius 1 is 1.00 bits per heavy atom. The number of aryl methyl sites for hydroxylation is 1. The van der Waals surface area contributed by atoms with Crippen molar-refractivity contribution in [3.8, 4) is 0 Å². The number of benzene rings is 2. The van der Waals surface area contributed by atoms with E-state index < -0.39 is 11.9 Å². The van der Waals surface area contributed by atoms with Crippen LogP contribution in [-0.2, 0) is 0 Å². The van der Waals surface area contributed by atoms with Gasteiger partial charge in [-0.2, -0.15) is 0 Å². The van der Waals surface area contributed by atoms with Crippen LogP contribution in [0.3, 0.4) is 0 Å². The van der Waals surface area contributed by atoms with Gasteiger partial charge in [0.1, 0.15) is 17.7 Å². The van der Waals surface area contributed by atoms with Gasteiger partial charge in [0, 0.05) is 0 Å². The molecule has 88 valence electrons. The highest BCUT2D eigenvalue weighted by atomic mass is 19.1. The van der Waals surface area contributed by atoms with Crippen LogP contribution in [0.2, 0.25) is 0 Å². The summed E-state index contributed by atoms with van der Waals surface area (Å²) in [5, 5.41) is 10.0. The summed E-state index contributed by atoms with van der Waals surface area (Å²) in [6, 6.07) is 10.1. The van der Waals surface area contributed by atoms with Crippen molar-refractivity contribution in [2.24, 2.45) is 0 Å². The highest BCUT2D eigenvalue weighted by molar-refractivity contribution is 5.33. The molecule has 0 radical (unpaired) electrons. The molecule has 2 aromatic rings. The van der Waals surface area contributed by atoms with Crippen molar-refractivity contribution >= 4 is 0 Å². The molecular weight excluding hydrogens is 222 g/mol. The van der Waals surface area contributed by atoms with Crippen molar-refractivity contribution in [3.05, 3.63) is 70.8 Å². The first kappa shape index (κ1) is 11.7. The lowest BCUT2D eigenvalue weighted by Gasteiger charge is -2.12. The average molecular weight is 234 g/mol. The van der Waals surface area contributed by atoms with Crippen LogP contribution in [0.4, 0.5) is 8.78 Å². The topological polar surface area (TPSA) is 20.2 Å². The molecule has 0 saturated heterocycles. The molecule has 0 aromatic heterocycles. The van der Waals surface area contributed by atoms with Gasteiger partial charge in [-0.05, 0) is 41.8 Å². The van der Waals surface area contributed by atoms with E-state index in [0.29, 0.717) is 16.7 Å². The molecule has 0 fully saturated rings. The third-order valence-corrected chi connectivity index (χ3v) is 2.66. The second-order valence-corrected chi connectivity index (χ2v) is 3.97. The van der Waals surface area contributed by atoms with Gasteiger partial charge in [-0.1, -0.05) is 24.3 Å². The molecule has 1 unspecified atom stereocenters. The Labute approximate surface area is 98.3 Å². The monoisotopic (exact) mass is 234 g/mol. The maximum Gasteiger partial charge on any atom is 0.126 e. The molecule has 2 rings (SSSR count). The van der Waals surface area contributed by atoms with Crippen molar-refractivity contribution in [2.45, 2.75) is 13.0 Å². The maximum absolute atomic E-state index is 13.1. The van der Waals surface area contributed by atoms with Gasteiger partial charge < -0.3 is 5.11 Å². The highest BCUT2D eigenvalue weighted by Crippen LogP contribution is 2.23. The summed E-state index contributed by atoms with van der Waals surface area (Å²) in [6.07, 6.45) is -0.940. The van der Waals surface area contributed by atoms with Crippen molar-refractivity contribution in [3.63, 3.8) is 0 Å². The smallest absolute Gasteiger partial charge is 0.126 e. The van der Waals surface area contributed by atoms with Crippen LogP contribution in [0.15, 0.2) is 42.5 Å². The van der Waals surface area contributed by atoms with Gasteiger partial charge in [0.15, 0.2) is 0 Å². The van der Waals surface area contributed by atoms with Gasteiger partial charge in [0.05, 0.1) is 0 Å². The zero-order valence-corrected chi connectivity index (χ0v) is 9.32. The second-order valence-electron chi connectivity index (χ2n) is 3.97. The first-order valence-corrected chi connectivity index (χ1v) is 5.27. The van der Waals surface area contributed by atoms with Crippen molar-refractivity contribution in [2.75, 3.05) is 0 Å².